The summed E-state index contributed by atoms with van der Waals surface area (Å²) >= 11 is 0. The molecule has 0 N–H and O–H groups in total. The van der Waals surface area contributed by atoms with Gasteiger partial charge in [0.2, 0.25) is 0 Å². The summed E-state index contributed by atoms with van der Waals surface area (Å²) in [4.78, 5) is 0. The van der Waals surface area contributed by atoms with Crippen LogP contribution >= 0.6 is 0 Å². The van der Waals surface area contributed by atoms with Gasteiger partial charge in [0.15, 0.2) is 0 Å². The molecule has 0 heterocycles. The van der Waals surface area contributed by atoms with Crippen LogP contribution in [0.4, 0.5) is 0 Å². The summed E-state index contributed by atoms with van der Waals surface area (Å²) < 4.78 is 0. The minimum atomic E-state index is 0.890. The second kappa shape index (κ2) is 16.1. The van der Waals surface area contributed by atoms with E-state index in [4.69, 9.17) is 0 Å². The lowest BCUT2D eigenvalue weighted by Crippen LogP contribution is -1.87. The van der Waals surface area contributed by atoms with Gasteiger partial charge in [0.25, 0.3) is 0 Å². The first-order valence-corrected chi connectivity index (χ1v) is 9.09. The molecule has 0 aromatic carbocycles. The van der Waals surface area contributed by atoms with Crippen molar-refractivity contribution in [3.8, 4) is 0 Å². The third kappa shape index (κ3) is 18.0. The molecule has 0 bridgehead atoms. The van der Waals surface area contributed by atoms with Gasteiger partial charge in [0, 0.05) is 0 Å². The van der Waals surface area contributed by atoms with Crippen molar-refractivity contribution in [1.29, 1.82) is 0 Å². The molecule has 0 rings (SSSR count). The van der Waals surface area contributed by atoms with E-state index in [1.807, 2.05) is 0 Å². The first-order chi connectivity index (χ1) is 9.27. The highest BCUT2D eigenvalue weighted by molar-refractivity contribution is 4.64. The van der Waals surface area contributed by atoms with Gasteiger partial charge in [0.05, 0.1) is 0 Å². The van der Waals surface area contributed by atoms with Crippen LogP contribution < -0.4 is 0 Å². The van der Waals surface area contributed by atoms with Gasteiger partial charge in [-0.05, 0) is 12.3 Å². The maximum atomic E-state index is 2.53. The fourth-order valence-electron chi connectivity index (χ4n) is 2.58. The van der Waals surface area contributed by atoms with Gasteiger partial charge in [-0.15, -0.1) is 0 Å². The molecular formula is C19H39. The van der Waals surface area contributed by atoms with Crippen LogP contribution in [0.2, 0.25) is 0 Å². The molecule has 0 spiro atoms. The van der Waals surface area contributed by atoms with Crippen molar-refractivity contribution in [2.24, 2.45) is 5.92 Å². The third-order valence-corrected chi connectivity index (χ3v) is 3.95. The molecule has 1 radical (unpaired) electrons. The van der Waals surface area contributed by atoms with Gasteiger partial charge < -0.3 is 0 Å². The normalized spacial score (nSPS) is 11.4. The lowest BCUT2D eigenvalue weighted by Gasteiger charge is -2.04. The van der Waals surface area contributed by atoms with Crippen LogP contribution in [0.1, 0.15) is 111 Å². The Balaban J connectivity index is 2.91. The number of hydrogen-bond acceptors (Lipinski definition) is 0. The molecule has 0 saturated carbocycles. The van der Waals surface area contributed by atoms with E-state index < -0.39 is 0 Å². The van der Waals surface area contributed by atoms with Crippen LogP contribution in [-0.4, -0.2) is 0 Å². The third-order valence-electron chi connectivity index (χ3n) is 3.95. The van der Waals surface area contributed by atoms with Crippen LogP contribution in [0.5, 0.6) is 0 Å². The fourth-order valence-corrected chi connectivity index (χ4v) is 2.58. The van der Waals surface area contributed by atoms with Crippen molar-refractivity contribution in [2.45, 2.75) is 111 Å². The quantitative estimate of drug-likeness (QED) is 0.272. The standard InChI is InChI=1S/C19H39/c1-4-5-6-7-8-9-10-11-12-13-14-15-16-17-18-19(2)3/h13,19H,4-12,14-18H2,1-3H3. The van der Waals surface area contributed by atoms with Crippen LogP contribution in [0.3, 0.4) is 0 Å². The molecule has 0 aliphatic rings. The van der Waals surface area contributed by atoms with E-state index in [2.05, 4.69) is 27.2 Å². The van der Waals surface area contributed by atoms with Gasteiger partial charge in [-0.3, -0.25) is 0 Å². The summed E-state index contributed by atoms with van der Waals surface area (Å²) in [5, 5.41) is 0. The summed E-state index contributed by atoms with van der Waals surface area (Å²) in [5.74, 6) is 0.890. The molecule has 0 atom stereocenters. The Hall–Kier alpha value is 0. The largest absolute Gasteiger partial charge is 0.0654 e. The zero-order valence-corrected chi connectivity index (χ0v) is 14.1. The Bertz CT molecular complexity index is 148. The van der Waals surface area contributed by atoms with Crippen LogP contribution in [-0.2, 0) is 0 Å². The van der Waals surface area contributed by atoms with Gasteiger partial charge in [-0.1, -0.05) is 111 Å². The van der Waals surface area contributed by atoms with Crippen LogP contribution in [0, 0.1) is 12.3 Å². The Morgan fingerprint density at radius 1 is 0.632 bits per heavy atom. The van der Waals surface area contributed by atoms with Crippen LogP contribution in [0.15, 0.2) is 0 Å². The first-order valence-electron chi connectivity index (χ1n) is 9.09. The highest BCUT2D eigenvalue weighted by Gasteiger charge is 1.95. The Morgan fingerprint density at radius 2 is 1.11 bits per heavy atom. The molecule has 0 amide bonds. The Kier molecular flexibility index (Phi) is 16.1. The number of hydrogen-bond donors (Lipinski definition) is 0. The molecule has 0 aliphatic carbocycles. The molecule has 0 fully saturated rings. The molecule has 19 heavy (non-hydrogen) atoms. The summed E-state index contributed by atoms with van der Waals surface area (Å²) in [6, 6.07) is 0. The Morgan fingerprint density at radius 3 is 1.63 bits per heavy atom. The predicted molar refractivity (Wildman–Crippen MR) is 89.5 cm³/mol. The van der Waals surface area contributed by atoms with Crippen molar-refractivity contribution in [1.82, 2.24) is 0 Å². The number of unbranched alkanes of at least 4 members (excludes halogenated alkanes) is 13. The average molecular weight is 268 g/mol. The van der Waals surface area contributed by atoms with Gasteiger partial charge in [-0.2, -0.15) is 0 Å². The molecule has 0 nitrogen and oxygen atoms in total. The van der Waals surface area contributed by atoms with Gasteiger partial charge >= 0.3 is 0 Å². The maximum Gasteiger partial charge on any atom is -0.0386 e. The SMILES string of the molecule is CCCCCCCCCC[CH]CCCCCC(C)C. The molecule has 0 aromatic rings. The summed E-state index contributed by atoms with van der Waals surface area (Å²) in [7, 11) is 0. The van der Waals surface area contributed by atoms with E-state index in [1.165, 1.54) is 89.9 Å². The maximum absolute atomic E-state index is 2.53. The lowest BCUT2D eigenvalue weighted by atomic mass is 10.0. The first kappa shape index (κ1) is 19.0. The minimum Gasteiger partial charge on any atom is -0.0654 e. The highest BCUT2D eigenvalue weighted by Crippen LogP contribution is 2.13. The molecule has 0 aromatic heterocycles. The summed E-state index contributed by atoms with van der Waals surface area (Å²) in [5.41, 5.74) is 0. The van der Waals surface area contributed by atoms with E-state index in [1.54, 1.807) is 0 Å². The summed E-state index contributed by atoms with van der Waals surface area (Å²) in [6.07, 6.45) is 22.5. The van der Waals surface area contributed by atoms with Crippen molar-refractivity contribution < 1.29 is 0 Å². The zero-order chi connectivity index (χ0) is 14.2. The second-order valence-corrected chi connectivity index (χ2v) is 6.58. The van der Waals surface area contributed by atoms with E-state index in [-0.39, 0.29) is 0 Å². The van der Waals surface area contributed by atoms with Crippen molar-refractivity contribution >= 4 is 0 Å². The fraction of sp³-hybridized carbons (Fsp3) is 0.947. The average Bonchev–Trinajstić information content (AvgIpc) is 2.39. The monoisotopic (exact) mass is 267 g/mol. The predicted octanol–water partition coefficient (Wildman–Crippen LogP) is 7.33. The number of rotatable bonds is 15. The molecule has 0 saturated heterocycles. The van der Waals surface area contributed by atoms with Crippen molar-refractivity contribution in [3.05, 3.63) is 6.42 Å². The van der Waals surface area contributed by atoms with Gasteiger partial charge in [0.1, 0.15) is 0 Å². The van der Waals surface area contributed by atoms with Gasteiger partial charge in [-0.25, -0.2) is 0 Å². The van der Waals surface area contributed by atoms with E-state index in [0.29, 0.717) is 0 Å². The summed E-state index contributed by atoms with van der Waals surface area (Å²) in [6.45, 7) is 6.95. The highest BCUT2D eigenvalue weighted by atomic mass is 14.0. The smallest absolute Gasteiger partial charge is 0.0386 e. The molecule has 0 aliphatic heterocycles. The van der Waals surface area contributed by atoms with E-state index in [0.717, 1.165) is 5.92 Å². The van der Waals surface area contributed by atoms with E-state index in [9.17, 15) is 0 Å². The Labute approximate surface area is 123 Å². The van der Waals surface area contributed by atoms with E-state index >= 15 is 0 Å². The zero-order valence-electron chi connectivity index (χ0n) is 14.1. The van der Waals surface area contributed by atoms with Crippen molar-refractivity contribution in [3.63, 3.8) is 0 Å². The van der Waals surface area contributed by atoms with Crippen molar-refractivity contribution in [2.75, 3.05) is 0 Å². The minimum absolute atomic E-state index is 0.890. The topological polar surface area (TPSA) is 0 Å². The molecular weight excluding hydrogens is 228 g/mol. The van der Waals surface area contributed by atoms with Crippen LogP contribution in [0.25, 0.3) is 0 Å². The molecule has 115 valence electrons. The molecule has 0 unspecified atom stereocenters. The molecule has 0 heteroatoms. The lowest BCUT2D eigenvalue weighted by molar-refractivity contribution is 0.522. The second-order valence-electron chi connectivity index (χ2n) is 6.58.